The molecule has 0 radical (unpaired) electrons. The van der Waals surface area contributed by atoms with Crippen molar-refractivity contribution < 1.29 is 28.6 Å². The van der Waals surface area contributed by atoms with Crippen LogP contribution in [0.1, 0.15) is 369 Å². The molecule has 1 unspecified atom stereocenters. The van der Waals surface area contributed by atoms with Crippen LogP contribution in [0.15, 0.2) is 0 Å². The van der Waals surface area contributed by atoms with Crippen molar-refractivity contribution in [2.45, 2.75) is 375 Å². The van der Waals surface area contributed by atoms with Gasteiger partial charge < -0.3 is 14.2 Å². The van der Waals surface area contributed by atoms with Gasteiger partial charge in [0, 0.05) is 19.3 Å². The molecule has 0 aliphatic rings. The van der Waals surface area contributed by atoms with Crippen LogP contribution >= 0.6 is 0 Å². The number of hydrogen-bond donors (Lipinski definition) is 0. The fourth-order valence-electron chi connectivity index (χ4n) is 10.2. The topological polar surface area (TPSA) is 78.9 Å². The molecule has 0 bridgehead atoms. The Morgan fingerprint density at radius 3 is 0.722 bits per heavy atom. The number of carbonyl (C=O) groups excluding carboxylic acids is 3. The van der Waals surface area contributed by atoms with E-state index in [1.807, 2.05) is 0 Å². The fraction of sp³-hybridized carbons (Fsp3) is 0.955. The maximum absolute atomic E-state index is 12.9. The van der Waals surface area contributed by atoms with Gasteiger partial charge in [-0.15, -0.1) is 0 Å². The zero-order valence-electron chi connectivity index (χ0n) is 49.7. The molecule has 0 saturated heterocycles. The van der Waals surface area contributed by atoms with Gasteiger partial charge in [-0.1, -0.05) is 330 Å². The SMILES string of the molecule is CCC(C)CCCCCCCCCCCCCCCCC(=O)OC[C@H](COC(=O)CCCCCCCCCCCCCCCCCCCCC(C)C)OC(=O)CCCCCCCCCCCCCCC(C)C. The molecule has 0 aliphatic heterocycles. The molecular weight excluding hydrogens is 889 g/mol. The molecule has 0 spiro atoms. The molecule has 0 rings (SSSR count). The molecule has 0 N–H and O–H groups in total. The number of unbranched alkanes of at least 4 members (excludes halogenated alkanes) is 41. The molecule has 0 aromatic carbocycles. The van der Waals surface area contributed by atoms with Crippen molar-refractivity contribution in [3.8, 4) is 0 Å². The van der Waals surface area contributed by atoms with Gasteiger partial charge in [0.2, 0.25) is 0 Å². The minimum atomic E-state index is -0.765. The first-order valence-electron chi connectivity index (χ1n) is 32.6. The Labute approximate surface area is 450 Å². The van der Waals surface area contributed by atoms with Crippen molar-refractivity contribution in [1.82, 2.24) is 0 Å². The second-order valence-corrected chi connectivity index (χ2v) is 24.0. The van der Waals surface area contributed by atoms with Crippen molar-refractivity contribution in [2.75, 3.05) is 13.2 Å². The predicted octanol–water partition coefficient (Wildman–Crippen LogP) is 21.8. The Balaban J connectivity index is 4.27. The fourth-order valence-corrected chi connectivity index (χ4v) is 10.2. The zero-order chi connectivity index (χ0) is 52.6. The van der Waals surface area contributed by atoms with Crippen LogP contribution in [0, 0.1) is 17.8 Å². The van der Waals surface area contributed by atoms with Crippen molar-refractivity contribution in [3.63, 3.8) is 0 Å². The standard InChI is InChI=1S/C66H128O6/c1-7-62(6)54-48-42-36-30-24-17-14-15-19-26-32-38-44-50-56-65(68)71-59-63(72-66(69)57-51-45-39-33-27-21-20-23-29-35-41-47-53-61(4)5)58-70-64(67)55-49-43-37-31-25-18-13-11-9-8-10-12-16-22-28-34-40-46-52-60(2)3/h60-63H,7-59H2,1-6H3/t62?,63-/m0/s1. The summed E-state index contributed by atoms with van der Waals surface area (Å²) in [5.41, 5.74) is 0. The lowest BCUT2D eigenvalue weighted by Crippen LogP contribution is -2.30. The molecule has 6 heteroatoms. The van der Waals surface area contributed by atoms with E-state index in [1.165, 1.54) is 250 Å². The first kappa shape index (κ1) is 70.4. The molecule has 0 fully saturated rings. The molecule has 0 heterocycles. The predicted molar refractivity (Wildman–Crippen MR) is 312 cm³/mol. The van der Waals surface area contributed by atoms with Gasteiger partial charge in [-0.25, -0.2) is 0 Å². The lowest BCUT2D eigenvalue weighted by atomic mass is 9.99. The largest absolute Gasteiger partial charge is 0.462 e. The van der Waals surface area contributed by atoms with E-state index in [1.54, 1.807) is 0 Å². The van der Waals surface area contributed by atoms with Gasteiger partial charge in [-0.3, -0.25) is 14.4 Å². The minimum absolute atomic E-state index is 0.0625. The van der Waals surface area contributed by atoms with E-state index in [-0.39, 0.29) is 31.1 Å². The number of carbonyl (C=O) groups is 3. The van der Waals surface area contributed by atoms with E-state index in [2.05, 4.69) is 41.5 Å². The van der Waals surface area contributed by atoms with Crippen molar-refractivity contribution in [3.05, 3.63) is 0 Å². The first-order valence-corrected chi connectivity index (χ1v) is 32.6. The molecule has 0 amide bonds. The molecule has 6 nitrogen and oxygen atoms in total. The van der Waals surface area contributed by atoms with Crippen molar-refractivity contribution in [1.29, 1.82) is 0 Å². The Kier molecular flexibility index (Phi) is 55.9. The molecule has 0 aliphatic carbocycles. The normalized spacial score (nSPS) is 12.5. The van der Waals surface area contributed by atoms with Crippen LogP contribution in [-0.2, 0) is 28.6 Å². The van der Waals surface area contributed by atoms with Crippen LogP contribution in [0.5, 0.6) is 0 Å². The van der Waals surface area contributed by atoms with Gasteiger partial charge in [0.25, 0.3) is 0 Å². The molecular formula is C66H128O6. The van der Waals surface area contributed by atoms with Crippen LogP contribution in [0.3, 0.4) is 0 Å². The molecule has 72 heavy (non-hydrogen) atoms. The molecule has 0 aromatic rings. The van der Waals surface area contributed by atoms with Gasteiger partial charge in [-0.05, 0) is 37.0 Å². The van der Waals surface area contributed by atoms with E-state index in [0.29, 0.717) is 19.3 Å². The molecule has 2 atom stereocenters. The lowest BCUT2D eigenvalue weighted by molar-refractivity contribution is -0.167. The quantitative estimate of drug-likeness (QED) is 0.0343. The third-order valence-electron chi connectivity index (χ3n) is 15.5. The van der Waals surface area contributed by atoms with Gasteiger partial charge in [-0.2, -0.15) is 0 Å². The second kappa shape index (κ2) is 57.1. The number of hydrogen-bond acceptors (Lipinski definition) is 6. The van der Waals surface area contributed by atoms with E-state index >= 15 is 0 Å². The maximum Gasteiger partial charge on any atom is 0.306 e. The maximum atomic E-state index is 12.9. The minimum Gasteiger partial charge on any atom is -0.462 e. The Morgan fingerprint density at radius 2 is 0.486 bits per heavy atom. The Morgan fingerprint density at radius 1 is 0.278 bits per heavy atom. The second-order valence-electron chi connectivity index (χ2n) is 24.0. The van der Waals surface area contributed by atoms with Crippen LogP contribution < -0.4 is 0 Å². The highest BCUT2D eigenvalue weighted by Crippen LogP contribution is 2.20. The van der Waals surface area contributed by atoms with Crippen molar-refractivity contribution >= 4 is 17.9 Å². The lowest BCUT2D eigenvalue weighted by Gasteiger charge is -2.18. The number of rotatable bonds is 59. The average molecular weight is 1020 g/mol. The number of esters is 3. The highest BCUT2D eigenvalue weighted by molar-refractivity contribution is 5.71. The van der Waals surface area contributed by atoms with Gasteiger partial charge in [0.05, 0.1) is 0 Å². The van der Waals surface area contributed by atoms with Gasteiger partial charge in [0.15, 0.2) is 6.10 Å². The Bertz CT molecular complexity index is 1120. The monoisotopic (exact) mass is 1020 g/mol. The Hall–Kier alpha value is -1.59. The molecule has 0 saturated carbocycles. The third-order valence-corrected chi connectivity index (χ3v) is 15.5. The molecule has 428 valence electrons. The third kappa shape index (κ3) is 57.7. The van der Waals surface area contributed by atoms with Crippen LogP contribution in [-0.4, -0.2) is 37.2 Å². The first-order chi connectivity index (χ1) is 35.1. The summed E-state index contributed by atoms with van der Waals surface area (Å²) in [5.74, 6) is 1.75. The summed E-state index contributed by atoms with van der Waals surface area (Å²) in [6.07, 6.45) is 62.4. The summed E-state index contributed by atoms with van der Waals surface area (Å²) in [5, 5.41) is 0. The van der Waals surface area contributed by atoms with Gasteiger partial charge in [0.1, 0.15) is 13.2 Å². The summed E-state index contributed by atoms with van der Waals surface area (Å²) in [6.45, 7) is 13.8. The van der Waals surface area contributed by atoms with E-state index in [4.69, 9.17) is 14.2 Å². The average Bonchev–Trinajstić information content (AvgIpc) is 3.36. The van der Waals surface area contributed by atoms with E-state index in [0.717, 1.165) is 75.5 Å². The van der Waals surface area contributed by atoms with E-state index < -0.39 is 6.10 Å². The summed E-state index contributed by atoms with van der Waals surface area (Å²) in [7, 11) is 0. The number of ether oxygens (including phenoxy) is 3. The van der Waals surface area contributed by atoms with Crippen LogP contribution in [0.2, 0.25) is 0 Å². The van der Waals surface area contributed by atoms with Gasteiger partial charge >= 0.3 is 17.9 Å². The summed E-state index contributed by atoms with van der Waals surface area (Å²) in [4.78, 5) is 38.3. The van der Waals surface area contributed by atoms with Crippen molar-refractivity contribution in [2.24, 2.45) is 17.8 Å². The summed E-state index contributed by atoms with van der Waals surface area (Å²) >= 11 is 0. The van der Waals surface area contributed by atoms with E-state index in [9.17, 15) is 14.4 Å². The summed E-state index contributed by atoms with van der Waals surface area (Å²) < 4.78 is 17.0. The van der Waals surface area contributed by atoms with Crippen LogP contribution in [0.4, 0.5) is 0 Å². The highest BCUT2D eigenvalue weighted by Gasteiger charge is 2.19. The zero-order valence-corrected chi connectivity index (χ0v) is 49.7. The highest BCUT2D eigenvalue weighted by atomic mass is 16.6. The smallest absolute Gasteiger partial charge is 0.306 e. The van der Waals surface area contributed by atoms with Crippen LogP contribution in [0.25, 0.3) is 0 Å². The summed E-state index contributed by atoms with van der Waals surface area (Å²) in [6, 6.07) is 0. The molecule has 0 aromatic heterocycles.